The minimum atomic E-state index is -0.371. The van der Waals surface area contributed by atoms with E-state index < -0.39 is 0 Å². The molecule has 0 bridgehead atoms. The Hall–Kier alpha value is -4.78. The predicted molar refractivity (Wildman–Crippen MR) is 157 cm³/mol. The van der Waals surface area contributed by atoms with Gasteiger partial charge in [-0.25, -0.2) is 9.59 Å². The van der Waals surface area contributed by atoms with E-state index in [1.54, 1.807) is 35.0 Å². The molecule has 0 heterocycles. The lowest BCUT2D eigenvalue weighted by molar-refractivity contribution is 0.202. The van der Waals surface area contributed by atoms with E-state index in [0.29, 0.717) is 17.8 Å². The fraction of sp³-hybridized carbons (Fsp3) is 0.188. The molecule has 0 spiro atoms. The van der Waals surface area contributed by atoms with Crippen LogP contribution in [0.3, 0.4) is 0 Å². The molecule has 0 aliphatic heterocycles. The molecule has 4 aromatic carbocycles. The molecule has 0 saturated carbocycles. The Morgan fingerprint density at radius 1 is 0.769 bits per heavy atom. The van der Waals surface area contributed by atoms with Crippen molar-refractivity contribution in [1.82, 2.24) is 4.90 Å². The van der Waals surface area contributed by atoms with Crippen molar-refractivity contribution < 1.29 is 14.7 Å². The number of nitrogens with zero attached hydrogens (tertiary/aromatic N) is 2. The van der Waals surface area contributed by atoms with Gasteiger partial charge in [0.2, 0.25) is 0 Å². The zero-order chi connectivity index (χ0) is 27.8. The molecular formula is C32H34N4O3. The van der Waals surface area contributed by atoms with Crippen molar-refractivity contribution in [3.8, 4) is 5.75 Å². The average Bonchev–Trinajstić information content (AvgIpc) is 2.93. The molecule has 0 aliphatic carbocycles. The summed E-state index contributed by atoms with van der Waals surface area (Å²) in [6.07, 6.45) is 0.476. The van der Waals surface area contributed by atoms with Gasteiger partial charge < -0.3 is 20.6 Å². The first-order valence-electron chi connectivity index (χ1n) is 12.9. The SMILES string of the molecule is Cc1cccc(NC(=O)N(c2ccccc2)C(CC(C)N(C)C(=O)Nc2cccc(O)c2)c2ccccc2)c1. The zero-order valence-corrected chi connectivity index (χ0v) is 22.4. The third-order valence-electron chi connectivity index (χ3n) is 6.66. The molecular weight excluding hydrogens is 488 g/mol. The molecule has 39 heavy (non-hydrogen) atoms. The summed E-state index contributed by atoms with van der Waals surface area (Å²) < 4.78 is 0. The fourth-order valence-electron chi connectivity index (χ4n) is 4.48. The number of aryl methyl sites for hydroxylation is 1. The molecule has 2 atom stereocenters. The second-order valence-electron chi connectivity index (χ2n) is 9.61. The largest absolute Gasteiger partial charge is 0.508 e. The summed E-state index contributed by atoms with van der Waals surface area (Å²) >= 11 is 0. The van der Waals surface area contributed by atoms with Gasteiger partial charge in [0.05, 0.1) is 6.04 Å². The number of phenols is 1. The van der Waals surface area contributed by atoms with Gasteiger partial charge in [0.15, 0.2) is 0 Å². The molecule has 4 rings (SSSR count). The molecule has 0 fully saturated rings. The highest BCUT2D eigenvalue weighted by Crippen LogP contribution is 2.33. The number of urea groups is 2. The third-order valence-corrected chi connectivity index (χ3v) is 6.66. The van der Waals surface area contributed by atoms with Gasteiger partial charge in [-0.15, -0.1) is 0 Å². The van der Waals surface area contributed by atoms with Crippen molar-refractivity contribution in [2.45, 2.75) is 32.4 Å². The number of para-hydroxylation sites is 1. The van der Waals surface area contributed by atoms with Crippen LogP contribution in [0.2, 0.25) is 0 Å². The average molecular weight is 523 g/mol. The molecule has 7 heteroatoms. The van der Waals surface area contributed by atoms with E-state index in [9.17, 15) is 14.7 Å². The van der Waals surface area contributed by atoms with Crippen molar-refractivity contribution in [2.24, 2.45) is 0 Å². The van der Waals surface area contributed by atoms with Crippen LogP contribution in [0, 0.1) is 6.92 Å². The van der Waals surface area contributed by atoms with Crippen molar-refractivity contribution in [3.63, 3.8) is 0 Å². The summed E-state index contributed by atoms with van der Waals surface area (Å²) in [6, 6.07) is 32.3. The van der Waals surface area contributed by atoms with Crippen LogP contribution in [0.25, 0.3) is 0 Å². The lowest BCUT2D eigenvalue weighted by atomic mass is 9.97. The number of phenolic OH excluding ortho intramolecular Hbond substituents is 1. The van der Waals surface area contributed by atoms with Gasteiger partial charge in [-0.2, -0.15) is 0 Å². The van der Waals surface area contributed by atoms with Crippen LogP contribution >= 0.6 is 0 Å². The summed E-state index contributed by atoms with van der Waals surface area (Å²) in [7, 11) is 1.73. The standard InChI is InChI=1S/C32H34N4O3/c1-23-12-10-15-26(20-23)34-32(39)36(28-17-8-5-9-18-28)30(25-13-6-4-7-14-25)21-24(2)35(3)31(38)33-27-16-11-19-29(37)22-27/h4-20,22,24,30,37H,21H2,1-3H3,(H,33,38)(H,34,39). The highest BCUT2D eigenvalue weighted by Gasteiger charge is 2.30. The smallest absolute Gasteiger partial charge is 0.326 e. The summed E-state index contributed by atoms with van der Waals surface area (Å²) in [5.74, 6) is 0.0748. The van der Waals surface area contributed by atoms with E-state index in [4.69, 9.17) is 0 Å². The predicted octanol–water partition coefficient (Wildman–Crippen LogP) is 7.42. The highest BCUT2D eigenvalue weighted by atomic mass is 16.3. The van der Waals surface area contributed by atoms with Crippen LogP contribution in [0.4, 0.5) is 26.7 Å². The first-order valence-corrected chi connectivity index (χ1v) is 12.9. The van der Waals surface area contributed by atoms with Crippen LogP contribution in [0.1, 0.15) is 30.5 Å². The fourth-order valence-corrected chi connectivity index (χ4v) is 4.48. The molecule has 0 radical (unpaired) electrons. The van der Waals surface area contributed by atoms with Gasteiger partial charge in [-0.3, -0.25) is 4.90 Å². The number of aromatic hydroxyl groups is 1. The van der Waals surface area contributed by atoms with Gasteiger partial charge in [0.25, 0.3) is 0 Å². The van der Waals surface area contributed by atoms with E-state index in [1.807, 2.05) is 98.8 Å². The van der Waals surface area contributed by atoms with Gasteiger partial charge in [-0.1, -0.05) is 66.7 Å². The first-order chi connectivity index (χ1) is 18.8. The molecule has 7 nitrogen and oxygen atoms in total. The van der Waals surface area contributed by atoms with Crippen molar-refractivity contribution in [1.29, 1.82) is 0 Å². The molecule has 2 unspecified atom stereocenters. The van der Waals surface area contributed by atoms with E-state index in [1.165, 1.54) is 6.07 Å². The van der Waals surface area contributed by atoms with Crippen LogP contribution < -0.4 is 15.5 Å². The number of hydrogen-bond donors (Lipinski definition) is 3. The Labute approximate surface area is 229 Å². The third kappa shape index (κ3) is 7.17. The number of carbonyl (C=O) groups is 2. The number of hydrogen-bond acceptors (Lipinski definition) is 3. The van der Waals surface area contributed by atoms with E-state index in [2.05, 4.69) is 10.6 Å². The van der Waals surface area contributed by atoms with Gasteiger partial charge in [0.1, 0.15) is 5.75 Å². The van der Waals surface area contributed by atoms with Gasteiger partial charge in [0, 0.05) is 36.2 Å². The van der Waals surface area contributed by atoms with Crippen molar-refractivity contribution in [2.75, 3.05) is 22.6 Å². The van der Waals surface area contributed by atoms with Crippen LogP contribution in [-0.4, -0.2) is 35.2 Å². The maximum atomic E-state index is 13.9. The van der Waals surface area contributed by atoms with E-state index >= 15 is 0 Å². The maximum absolute atomic E-state index is 13.9. The summed E-state index contributed by atoms with van der Waals surface area (Å²) in [5.41, 5.74) is 3.96. The number of anilines is 3. The minimum absolute atomic E-state index is 0.0748. The van der Waals surface area contributed by atoms with E-state index in [0.717, 1.165) is 16.8 Å². The monoisotopic (exact) mass is 522 g/mol. The van der Waals surface area contributed by atoms with Gasteiger partial charge >= 0.3 is 12.1 Å². The highest BCUT2D eigenvalue weighted by molar-refractivity contribution is 6.02. The Bertz CT molecular complexity index is 1390. The molecule has 0 aliphatic rings. The molecule has 4 aromatic rings. The molecule has 0 aromatic heterocycles. The Morgan fingerprint density at radius 3 is 2.00 bits per heavy atom. The van der Waals surface area contributed by atoms with Crippen LogP contribution in [-0.2, 0) is 0 Å². The minimum Gasteiger partial charge on any atom is -0.508 e. The lowest BCUT2D eigenvalue weighted by Crippen LogP contribution is -2.44. The summed E-state index contributed by atoms with van der Waals surface area (Å²) in [5, 5.41) is 15.6. The number of carbonyl (C=O) groups excluding carboxylic acids is 2. The number of benzene rings is 4. The normalized spacial score (nSPS) is 12.2. The summed E-state index contributed by atoms with van der Waals surface area (Å²) in [6.45, 7) is 3.94. The topological polar surface area (TPSA) is 84.9 Å². The second kappa shape index (κ2) is 12.6. The lowest BCUT2D eigenvalue weighted by Gasteiger charge is -2.36. The molecule has 4 amide bonds. The van der Waals surface area contributed by atoms with Crippen LogP contribution in [0.15, 0.2) is 109 Å². The second-order valence-corrected chi connectivity index (χ2v) is 9.61. The zero-order valence-electron chi connectivity index (χ0n) is 22.4. The molecule has 0 saturated heterocycles. The Balaban J connectivity index is 1.64. The van der Waals surface area contributed by atoms with Gasteiger partial charge in [-0.05, 0) is 67.8 Å². The summed E-state index contributed by atoms with van der Waals surface area (Å²) in [4.78, 5) is 30.3. The first kappa shape index (κ1) is 27.3. The van der Waals surface area contributed by atoms with Crippen molar-refractivity contribution in [3.05, 3.63) is 120 Å². The quantitative estimate of drug-likeness (QED) is 0.225. The number of rotatable bonds is 8. The van der Waals surface area contributed by atoms with Crippen LogP contribution in [0.5, 0.6) is 5.75 Å². The Kier molecular flexibility index (Phi) is 8.84. The maximum Gasteiger partial charge on any atom is 0.326 e. The van der Waals surface area contributed by atoms with E-state index in [-0.39, 0.29) is 29.9 Å². The number of nitrogens with one attached hydrogen (secondary N) is 2. The Morgan fingerprint density at radius 2 is 1.36 bits per heavy atom. The molecule has 200 valence electrons. The molecule has 3 N–H and O–H groups in total. The number of amides is 4. The van der Waals surface area contributed by atoms with Crippen molar-refractivity contribution >= 4 is 29.1 Å².